The third kappa shape index (κ3) is 5.20. The fraction of sp³-hybridized carbons (Fsp3) is 0.235. The van der Waals surface area contributed by atoms with E-state index in [9.17, 15) is 22.8 Å². The summed E-state index contributed by atoms with van der Waals surface area (Å²) in [5.74, 6) is -1.43. The van der Waals surface area contributed by atoms with E-state index in [4.69, 9.17) is 4.74 Å². The van der Waals surface area contributed by atoms with Crippen molar-refractivity contribution in [3.63, 3.8) is 0 Å². The van der Waals surface area contributed by atoms with Gasteiger partial charge in [-0.2, -0.15) is 13.2 Å². The molecule has 2 N–H and O–H groups in total. The fourth-order valence-electron chi connectivity index (χ4n) is 2.07. The summed E-state index contributed by atoms with van der Waals surface area (Å²) in [6, 6.07) is 8.78. The van der Waals surface area contributed by atoms with Gasteiger partial charge in [-0.25, -0.2) is 4.98 Å². The normalized spacial score (nSPS) is 10.9. The van der Waals surface area contributed by atoms with Crippen LogP contribution >= 0.6 is 0 Å². The maximum Gasteiger partial charge on any atom is 0.405 e. The number of para-hydroxylation sites is 1. The number of aromatic nitrogens is 1. The summed E-state index contributed by atoms with van der Waals surface area (Å²) in [4.78, 5) is 28.4. The summed E-state index contributed by atoms with van der Waals surface area (Å²) in [6.45, 7) is 0.565. The molecule has 6 nitrogen and oxygen atoms in total. The van der Waals surface area contributed by atoms with Gasteiger partial charge in [-0.3, -0.25) is 9.59 Å². The molecule has 2 aromatic rings. The minimum absolute atomic E-state index is 0.0727. The number of carbonyl (C=O) groups is 2. The monoisotopic (exact) mass is 367 g/mol. The van der Waals surface area contributed by atoms with Crippen LogP contribution in [0.4, 0.5) is 18.9 Å². The molecule has 0 saturated heterocycles. The molecule has 26 heavy (non-hydrogen) atoms. The van der Waals surface area contributed by atoms with Gasteiger partial charge in [0.1, 0.15) is 12.1 Å². The van der Waals surface area contributed by atoms with Gasteiger partial charge in [0, 0.05) is 6.20 Å². The third-order valence-corrected chi connectivity index (χ3v) is 3.17. The molecule has 0 fully saturated rings. The number of nitrogens with one attached hydrogen (secondary N) is 2. The summed E-state index contributed by atoms with van der Waals surface area (Å²) in [5.41, 5.74) is 0.121. The number of rotatable bonds is 6. The Morgan fingerprint density at radius 1 is 1.08 bits per heavy atom. The number of alkyl halides is 3. The van der Waals surface area contributed by atoms with E-state index in [0.29, 0.717) is 6.61 Å². The minimum atomic E-state index is -4.53. The Morgan fingerprint density at radius 3 is 2.46 bits per heavy atom. The van der Waals surface area contributed by atoms with Gasteiger partial charge < -0.3 is 15.4 Å². The molecule has 0 aliphatic carbocycles. The highest BCUT2D eigenvalue weighted by molar-refractivity contribution is 6.09. The number of amides is 2. The average Bonchev–Trinajstić information content (AvgIpc) is 2.60. The number of carbonyl (C=O) groups excluding carboxylic acids is 2. The van der Waals surface area contributed by atoms with E-state index in [1.807, 2.05) is 0 Å². The van der Waals surface area contributed by atoms with Crippen molar-refractivity contribution in [2.75, 3.05) is 18.5 Å². The zero-order valence-corrected chi connectivity index (χ0v) is 13.8. The van der Waals surface area contributed by atoms with Crippen LogP contribution in [0.3, 0.4) is 0 Å². The molecule has 9 heteroatoms. The molecular formula is C17H16F3N3O3. The van der Waals surface area contributed by atoms with Crippen LogP contribution in [0.25, 0.3) is 0 Å². The number of nitrogens with zero attached hydrogens (tertiary/aromatic N) is 1. The Balaban J connectivity index is 2.20. The van der Waals surface area contributed by atoms with Crippen LogP contribution in [-0.4, -0.2) is 36.1 Å². The van der Waals surface area contributed by atoms with Crippen LogP contribution in [-0.2, 0) is 0 Å². The zero-order chi connectivity index (χ0) is 19.2. The van der Waals surface area contributed by atoms with Crippen molar-refractivity contribution in [3.8, 4) is 5.88 Å². The van der Waals surface area contributed by atoms with Crippen molar-refractivity contribution >= 4 is 17.5 Å². The van der Waals surface area contributed by atoms with Crippen LogP contribution in [0.5, 0.6) is 5.88 Å². The van der Waals surface area contributed by atoms with E-state index >= 15 is 0 Å². The first-order valence-electron chi connectivity index (χ1n) is 7.65. The van der Waals surface area contributed by atoms with Crippen LogP contribution in [0.15, 0.2) is 42.6 Å². The molecule has 0 aliphatic rings. The lowest BCUT2D eigenvalue weighted by Gasteiger charge is -2.13. The van der Waals surface area contributed by atoms with E-state index in [-0.39, 0.29) is 22.7 Å². The SMILES string of the molecule is CCOc1ncccc1C(=O)Nc1ccccc1C(=O)NCC(F)(F)F. The number of ether oxygens (including phenoxy) is 1. The van der Waals surface area contributed by atoms with Gasteiger partial charge >= 0.3 is 6.18 Å². The highest BCUT2D eigenvalue weighted by atomic mass is 19.4. The lowest BCUT2D eigenvalue weighted by Crippen LogP contribution is -2.34. The Labute approximate surface area is 147 Å². The van der Waals surface area contributed by atoms with Crippen molar-refractivity contribution in [3.05, 3.63) is 53.7 Å². The predicted octanol–water partition coefficient (Wildman–Crippen LogP) is 3.02. The summed E-state index contributed by atoms with van der Waals surface area (Å²) < 4.78 is 42.1. The number of benzene rings is 1. The molecule has 0 spiro atoms. The maximum atomic E-state index is 12.5. The third-order valence-electron chi connectivity index (χ3n) is 3.17. The average molecular weight is 367 g/mol. The smallest absolute Gasteiger partial charge is 0.405 e. The standard InChI is InChI=1S/C17H16F3N3O3/c1-2-26-16-12(7-5-9-21-16)15(25)23-13-8-4-3-6-11(13)14(24)22-10-17(18,19)20/h3-9H,2,10H2,1H3,(H,22,24)(H,23,25). The van der Waals surface area contributed by atoms with Crippen molar-refractivity contribution in [1.29, 1.82) is 0 Å². The Morgan fingerprint density at radius 2 is 1.77 bits per heavy atom. The lowest BCUT2D eigenvalue weighted by molar-refractivity contribution is -0.123. The molecular weight excluding hydrogens is 351 g/mol. The second-order valence-electron chi connectivity index (χ2n) is 5.09. The van der Waals surface area contributed by atoms with Crippen LogP contribution in [0, 0.1) is 0 Å². The van der Waals surface area contributed by atoms with E-state index in [2.05, 4.69) is 10.3 Å². The van der Waals surface area contributed by atoms with Crippen molar-refractivity contribution < 1.29 is 27.5 Å². The zero-order valence-electron chi connectivity index (χ0n) is 13.8. The van der Waals surface area contributed by atoms with E-state index in [1.165, 1.54) is 30.5 Å². The van der Waals surface area contributed by atoms with Gasteiger partial charge in [-0.15, -0.1) is 0 Å². The first-order chi connectivity index (χ1) is 12.3. The van der Waals surface area contributed by atoms with Crippen molar-refractivity contribution in [2.24, 2.45) is 0 Å². The molecule has 1 heterocycles. The summed E-state index contributed by atoms with van der Waals surface area (Å²) in [6.07, 6.45) is -3.07. The topological polar surface area (TPSA) is 80.3 Å². The number of hydrogen-bond donors (Lipinski definition) is 2. The van der Waals surface area contributed by atoms with Crippen LogP contribution in [0.2, 0.25) is 0 Å². The molecule has 0 aliphatic heterocycles. The molecule has 0 radical (unpaired) electrons. The van der Waals surface area contributed by atoms with Crippen LogP contribution in [0.1, 0.15) is 27.6 Å². The molecule has 0 saturated carbocycles. The second-order valence-corrected chi connectivity index (χ2v) is 5.09. The molecule has 0 bridgehead atoms. The molecule has 1 aromatic heterocycles. The van der Waals surface area contributed by atoms with E-state index in [1.54, 1.807) is 24.4 Å². The van der Waals surface area contributed by atoms with Crippen LogP contribution < -0.4 is 15.4 Å². The molecule has 2 amide bonds. The van der Waals surface area contributed by atoms with E-state index < -0.39 is 24.5 Å². The fourth-order valence-corrected chi connectivity index (χ4v) is 2.07. The number of halogens is 3. The van der Waals surface area contributed by atoms with Gasteiger partial charge in [-0.1, -0.05) is 12.1 Å². The molecule has 2 rings (SSSR count). The Hall–Kier alpha value is -3.10. The summed E-state index contributed by atoms with van der Waals surface area (Å²) >= 11 is 0. The van der Waals surface area contributed by atoms with Gasteiger partial charge in [-0.05, 0) is 31.2 Å². The lowest BCUT2D eigenvalue weighted by atomic mass is 10.1. The summed E-state index contributed by atoms with van der Waals surface area (Å²) in [5, 5.41) is 4.27. The highest BCUT2D eigenvalue weighted by Crippen LogP contribution is 2.20. The minimum Gasteiger partial charge on any atom is -0.477 e. The summed E-state index contributed by atoms with van der Waals surface area (Å²) in [7, 11) is 0. The van der Waals surface area contributed by atoms with Crippen molar-refractivity contribution in [2.45, 2.75) is 13.1 Å². The number of hydrogen-bond acceptors (Lipinski definition) is 4. The highest BCUT2D eigenvalue weighted by Gasteiger charge is 2.28. The van der Waals surface area contributed by atoms with Gasteiger partial charge in [0.05, 0.1) is 17.9 Å². The largest absolute Gasteiger partial charge is 0.477 e. The van der Waals surface area contributed by atoms with E-state index in [0.717, 1.165) is 0 Å². The first-order valence-corrected chi connectivity index (χ1v) is 7.65. The Bertz CT molecular complexity index is 794. The van der Waals surface area contributed by atoms with Gasteiger partial charge in [0.15, 0.2) is 0 Å². The van der Waals surface area contributed by atoms with Gasteiger partial charge in [0.25, 0.3) is 11.8 Å². The van der Waals surface area contributed by atoms with Gasteiger partial charge in [0.2, 0.25) is 5.88 Å². The molecule has 1 aromatic carbocycles. The number of anilines is 1. The number of pyridine rings is 1. The van der Waals surface area contributed by atoms with Crippen molar-refractivity contribution in [1.82, 2.24) is 10.3 Å². The molecule has 0 atom stereocenters. The molecule has 138 valence electrons. The molecule has 0 unspecified atom stereocenters. The predicted molar refractivity (Wildman–Crippen MR) is 88.2 cm³/mol. The quantitative estimate of drug-likeness (QED) is 0.823. The second kappa shape index (κ2) is 8.32. The first kappa shape index (κ1) is 19.2. The maximum absolute atomic E-state index is 12.5. The Kier molecular flexibility index (Phi) is 6.16.